The Balaban J connectivity index is 2.04. The van der Waals surface area contributed by atoms with Crippen molar-refractivity contribution in [3.8, 4) is 0 Å². The molecule has 56 valence electrons. The van der Waals surface area contributed by atoms with Crippen LogP contribution in [0.5, 0.6) is 0 Å². The molecular weight excluding hydrogens is 126 g/mol. The third-order valence-electron chi connectivity index (χ3n) is 2.92. The largest absolute Gasteiger partial charge is 0.304 e. The van der Waals surface area contributed by atoms with Crippen molar-refractivity contribution in [1.29, 1.82) is 0 Å². The number of ketones is 1. The van der Waals surface area contributed by atoms with Gasteiger partial charge in [0.15, 0.2) is 0 Å². The summed E-state index contributed by atoms with van der Waals surface area (Å²) in [4.78, 5) is 10.9. The number of fused-ring (bicyclic) bond motifs is 1. The molecule has 2 nitrogen and oxygen atoms in total. The van der Waals surface area contributed by atoms with Crippen LogP contribution >= 0.6 is 0 Å². The standard InChI is InChI=1S/C8H13NO/c1-5(10)6-3-8(2)4-7(8)9-6/h6-7,9H,3-4H2,1-2H3. The molecule has 1 aliphatic heterocycles. The lowest BCUT2D eigenvalue weighted by Gasteiger charge is -2.08. The smallest absolute Gasteiger partial charge is 0.146 e. The zero-order valence-electron chi connectivity index (χ0n) is 6.48. The second kappa shape index (κ2) is 1.62. The number of hydrogen-bond acceptors (Lipinski definition) is 2. The van der Waals surface area contributed by atoms with E-state index in [1.54, 1.807) is 6.92 Å². The number of piperidine rings is 1. The number of carbonyl (C=O) groups is 1. The number of rotatable bonds is 1. The molecule has 2 rings (SSSR count). The summed E-state index contributed by atoms with van der Waals surface area (Å²) in [6, 6.07) is 0.824. The van der Waals surface area contributed by atoms with Crippen LogP contribution < -0.4 is 5.32 Å². The highest BCUT2D eigenvalue weighted by atomic mass is 16.1. The van der Waals surface area contributed by atoms with Crippen LogP contribution in [0, 0.1) is 5.41 Å². The summed E-state index contributed by atoms with van der Waals surface area (Å²) in [7, 11) is 0. The van der Waals surface area contributed by atoms with Crippen LogP contribution in [0.4, 0.5) is 0 Å². The van der Waals surface area contributed by atoms with Crippen LogP contribution in [0.2, 0.25) is 0 Å². The summed E-state index contributed by atoms with van der Waals surface area (Å²) in [5.41, 5.74) is 0.482. The van der Waals surface area contributed by atoms with E-state index in [2.05, 4.69) is 12.2 Å². The van der Waals surface area contributed by atoms with Crippen molar-refractivity contribution in [2.45, 2.75) is 38.8 Å². The number of carbonyl (C=O) groups excluding carboxylic acids is 1. The Hall–Kier alpha value is -0.370. The molecule has 2 heteroatoms. The number of Topliss-reactive ketones (excluding diaryl/α,β-unsaturated/α-hetero) is 1. The first kappa shape index (κ1) is 6.35. The van der Waals surface area contributed by atoms with Crippen molar-refractivity contribution in [2.75, 3.05) is 0 Å². The molecule has 0 radical (unpaired) electrons. The second-order valence-corrected chi connectivity index (χ2v) is 3.94. The fourth-order valence-corrected chi connectivity index (χ4v) is 1.92. The molecule has 0 aromatic carbocycles. The van der Waals surface area contributed by atoms with E-state index in [1.807, 2.05) is 0 Å². The zero-order valence-corrected chi connectivity index (χ0v) is 6.48. The molecule has 0 aromatic rings. The molecule has 1 saturated carbocycles. The monoisotopic (exact) mass is 139 g/mol. The lowest BCUT2D eigenvalue weighted by molar-refractivity contribution is -0.118. The van der Waals surface area contributed by atoms with Gasteiger partial charge in [-0.3, -0.25) is 4.79 Å². The van der Waals surface area contributed by atoms with Crippen LogP contribution in [0.3, 0.4) is 0 Å². The molecule has 0 bridgehead atoms. The highest BCUT2D eigenvalue weighted by Gasteiger charge is 2.57. The third kappa shape index (κ3) is 0.717. The lowest BCUT2D eigenvalue weighted by Crippen LogP contribution is -2.31. The molecule has 0 spiro atoms. The molecular formula is C8H13NO. The van der Waals surface area contributed by atoms with E-state index < -0.39 is 0 Å². The Labute approximate surface area is 61.0 Å². The van der Waals surface area contributed by atoms with Gasteiger partial charge in [-0.1, -0.05) is 6.92 Å². The molecule has 1 aliphatic carbocycles. The summed E-state index contributed by atoms with van der Waals surface area (Å²) in [6.07, 6.45) is 2.34. The van der Waals surface area contributed by atoms with E-state index in [1.165, 1.54) is 6.42 Å². The predicted molar refractivity (Wildman–Crippen MR) is 38.7 cm³/mol. The Kier molecular flexibility index (Phi) is 1.03. The average Bonchev–Trinajstić information content (AvgIpc) is 2.32. The molecule has 10 heavy (non-hydrogen) atoms. The Bertz CT molecular complexity index is 190. The molecule has 3 atom stereocenters. The molecule has 1 saturated heterocycles. The fraction of sp³-hybridized carbons (Fsp3) is 0.875. The maximum atomic E-state index is 10.9. The van der Waals surface area contributed by atoms with E-state index in [0.717, 1.165) is 6.42 Å². The van der Waals surface area contributed by atoms with Gasteiger partial charge in [0.05, 0.1) is 6.04 Å². The van der Waals surface area contributed by atoms with Crippen molar-refractivity contribution in [2.24, 2.45) is 5.41 Å². The Morgan fingerprint density at radius 2 is 2.30 bits per heavy atom. The van der Waals surface area contributed by atoms with Crippen molar-refractivity contribution < 1.29 is 4.79 Å². The van der Waals surface area contributed by atoms with Crippen molar-refractivity contribution >= 4 is 5.78 Å². The number of hydrogen-bond donors (Lipinski definition) is 1. The normalized spacial score (nSPS) is 50.6. The summed E-state index contributed by atoms with van der Waals surface area (Å²) < 4.78 is 0. The van der Waals surface area contributed by atoms with Gasteiger partial charge >= 0.3 is 0 Å². The highest BCUT2D eigenvalue weighted by Crippen LogP contribution is 2.53. The van der Waals surface area contributed by atoms with Gasteiger partial charge in [-0.15, -0.1) is 0 Å². The summed E-state index contributed by atoms with van der Waals surface area (Å²) in [5.74, 6) is 0.299. The zero-order chi connectivity index (χ0) is 7.35. The van der Waals surface area contributed by atoms with Gasteiger partial charge in [-0.05, 0) is 25.2 Å². The van der Waals surface area contributed by atoms with E-state index >= 15 is 0 Å². The first-order valence-electron chi connectivity index (χ1n) is 3.88. The van der Waals surface area contributed by atoms with E-state index in [0.29, 0.717) is 17.2 Å². The van der Waals surface area contributed by atoms with Crippen molar-refractivity contribution in [3.63, 3.8) is 0 Å². The summed E-state index contributed by atoms with van der Waals surface area (Å²) in [5, 5.41) is 3.32. The average molecular weight is 139 g/mol. The van der Waals surface area contributed by atoms with Crippen molar-refractivity contribution in [1.82, 2.24) is 5.32 Å². The first-order valence-corrected chi connectivity index (χ1v) is 3.88. The molecule has 1 heterocycles. The maximum Gasteiger partial charge on any atom is 0.146 e. The van der Waals surface area contributed by atoms with Crippen LogP contribution in [0.15, 0.2) is 0 Å². The quantitative estimate of drug-likeness (QED) is 0.580. The SMILES string of the molecule is CC(=O)C1CC2(C)CC2N1. The predicted octanol–water partition coefficient (Wildman–Crippen LogP) is 0.716. The van der Waals surface area contributed by atoms with E-state index in [4.69, 9.17) is 0 Å². The molecule has 0 aromatic heterocycles. The first-order chi connectivity index (χ1) is 4.62. The van der Waals surface area contributed by atoms with Gasteiger partial charge < -0.3 is 5.32 Å². The molecule has 2 fully saturated rings. The topological polar surface area (TPSA) is 29.1 Å². The van der Waals surface area contributed by atoms with Gasteiger partial charge in [0.25, 0.3) is 0 Å². The van der Waals surface area contributed by atoms with Crippen LogP contribution in [0.1, 0.15) is 26.7 Å². The van der Waals surface area contributed by atoms with Gasteiger partial charge in [-0.2, -0.15) is 0 Å². The highest BCUT2D eigenvalue weighted by molar-refractivity contribution is 5.82. The minimum absolute atomic E-state index is 0.170. The lowest BCUT2D eigenvalue weighted by atomic mass is 10.0. The minimum atomic E-state index is 0.170. The van der Waals surface area contributed by atoms with Crippen LogP contribution in [-0.4, -0.2) is 17.9 Å². The summed E-state index contributed by atoms with van der Waals surface area (Å²) >= 11 is 0. The van der Waals surface area contributed by atoms with Gasteiger partial charge in [-0.25, -0.2) is 0 Å². The van der Waals surface area contributed by atoms with Crippen molar-refractivity contribution in [3.05, 3.63) is 0 Å². The summed E-state index contributed by atoms with van der Waals surface area (Å²) in [6.45, 7) is 3.93. The van der Waals surface area contributed by atoms with Gasteiger partial charge in [0.1, 0.15) is 5.78 Å². The Morgan fingerprint density at radius 1 is 1.60 bits per heavy atom. The number of nitrogens with one attached hydrogen (secondary N) is 1. The van der Waals surface area contributed by atoms with E-state index in [-0.39, 0.29) is 6.04 Å². The minimum Gasteiger partial charge on any atom is -0.304 e. The van der Waals surface area contributed by atoms with Gasteiger partial charge in [0.2, 0.25) is 0 Å². The van der Waals surface area contributed by atoms with E-state index in [9.17, 15) is 4.79 Å². The molecule has 0 amide bonds. The maximum absolute atomic E-state index is 10.9. The molecule has 3 unspecified atom stereocenters. The van der Waals surface area contributed by atoms with Gasteiger partial charge in [0, 0.05) is 6.04 Å². The fourth-order valence-electron chi connectivity index (χ4n) is 1.92. The Morgan fingerprint density at radius 3 is 2.60 bits per heavy atom. The second-order valence-electron chi connectivity index (χ2n) is 3.94. The molecule has 1 N–H and O–H groups in total. The molecule has 2 aliphatic rings. The third-order valence-corrected chi connectivity index (χ3v) is 2.92. The van der Waals surface area contributed by atoms with Crippen LogP contribution in [-0.2, 0) is 4.79 Å². The van der Waals surface area contributed by atoms with Crippen LogP contribution in [0.25, 0.3) is 0 Å².